The summed E-state index contributed by atoms with van der Waals surface area (Å²) in [5, 5.41) is 11.6. The molecular formula is C33H38ClN9O4S. The molecule has 3 fully saturated rings. The van der Waals surface area contributed by atoms with Crippen LogP contribution < -0.4 is 15.5 Å². The van der Waals surface area contributed by atoms with Crippen molar-refractivity contribution in [1.82, 2.24) is 34.3 Å². The van der Waals surface area contributed by atoms with Gasteiger partial charge >= 0.3 is 6.03 Å². The van der Waals surface area contributed by atoms with Gasteiger partial charge in [-0.2, -0.15) is 9.40 Å². The van der Waals surface area contributed by atoms with Crippen molar-refractivity contribution >= 4 is 56.2 Å². The third-order valence-corrected chi connectivity index (χ3v) is 11.7. The van der Waals surface area contributed by atoms with Crippen LogP contribution in [-0.4, -0.2) is 88.1 Å². The van der Waals surface area contributed by atoms with Gasteiger partial charge in [-0.05, 0) is 80.1 Å². The van der Waals surface area contributed by atoms with E-state index in [4.69, 9.17) is 11.6 Å². The lowest BCUT2D eigenvalue weighted by molar-refractivity contribution is -0.120. The zero-order valence-electron chi connectivity index (χ0n) is 26.7. The van der Waals surface area contributed by atoms with E-state index in [1.165, 1.54) is 22.9 Å². The van der Waals surface area contributed by atoms with Gasteiger partial charge in [0.2, 0.25) is 21.9 Å². The molecule has 0 atom stereocenters. The monoisotopic (exact) mass is 691 g/mol. The number of nitrogens with one attached hydrogen (secondary N) is 2. The van der Waals surface area contributed by atoms with Crippen LogP contribution in [0.4, 0.5) is 16.6 Å². The average molecular weight is 692 g/mol. The number of aryl methyl sites for hydroxylation is 1. The van der Waals surface area contributed by atoms with Crippen LogP contribution in [0.1, 0.15) is 49.1 Å². The van der Waals surface area contributed by atoms with Crippen LogP contribution in [0.25, 0.3) is 10.9 Å². The molecule has 15 heteroatoms. The van der Waals surface area contributed by atoms with Crippen molar-refractivity contribution in [2.45, 2.75) is 55.5 Å². The number of urea groups is 1. The molecule has 3 aliphatic heterocycles. The Balaban J connectivity index is 0.946. The number of sulfonamides is 1. The highest BCUT2D eigenvalue weighted by atomic mass is 35.5. The molecule has 252 valence electrons. The topological polar surface area (TPSA) is 146 Å². The number of hydrogen-bond donors (Lipinski definition) is 2. The summed E-state index contributed by atoms with van der Waals surface area (Å²) in [6.07, 6.45) is 6.61. The lowest BCUT2D eigenvalue weighted by Gasteiger charge is -2.33. The van der Waals surface area contributed by atoms with Crippen LogP contribution >= 0.6 is 11.6 Å². The Kier molecular flexibility index (Phi) is 9.07. The zero-order chi connectivity index (χ0) is 33.4. The predicted octanol–water partition coefficient (Wildman–Crippen LogP) is 4.11. The van der Waals surface area contributed by atoms with Crippen molar-refractivity contribution in [1.29, 1.82) is 0 Å². The highest BCUT2D eigenvalue weighted by Crippen LogP contribution is 2.34. The van der Waals surface area contributed by atoms with Crippen LogP contribution in [0, 0.1) is 0 Å². The first-order valence-electron chi connectivity index (χ1n) is 16.3. The molecule has 3 saturated heterocycles. The number of imide groups is 1. The SMILES string of the molecule is Cn1nc(N2CCC(=O)NC2=O)c2ccc(C3CCN(Cc4cccc(S(=O)(=O)N5CCC(Nc6ncc(Cl)cn6)CC5)c4)CC3)cc21. The van der Waals surface area contributed by atoms with Gasteiger partial charge in [-0.3, -0.25) is 24.6 Å². The number of aromatic nitrogens is 4. The highest BCUT2D eigenvalue weighted by molar-refractivity contribution is 7.89. The van der Waals surface area contributed by atoms with Crippen LogP contribution in [0.2, 0.25) is 5.02 Å². The fourth-order valence-electron chi connectivity index (χ4n) is 6.92. The number of benzene rings is 2. The minimum atomic E-state index is -3.61. The number of carbonyl (C=O) groups is 2. The van der Waals surface area contributed by atoms with Gasteiger partial charge in [0.1, 0.15) is 0 Å². The number of fused-ring (bicyclic) bond motifs is 1. The Morgan fingerprint density at radius 3 is 2.44 bits per heavy atom. The van der Waals surface area contributed by atoms with Crippen LogP contribution in [0.5, 0.6) is 0 Å². The van der Waals surface area contributed by atoms with Crippen LogP contribution in [0.3, 0.4) is 0 Å². The Bertz CT molecular complexity index is 1940. The summed E-state index contributed by atoms with van der Waals surface area (Å²) in [7, 11) is -1.74. The summed E-state index contributed by atoms with van der Waals surface area (Å²) in [5.41, 5.74) is 3.17. The van der Waals surface area contributed by atoms with Gasteiger partial charge in [0, 0.05) is 51.1 Å². The molecule has 5 heterocycles. The first-order valence-corrected chi connectivity index (χ1v) is 18.1. The molecule has 4 aromatic rings. The maximum absolute atomic E-state index is 13.6. The molecule has 7 rings (SSSR count). The summed E-state index contributed by atoms with van der Waals surface area (Å²) in [5.74, 6) is 1.17. The third-order valence-electron chi connectivity index (χ3n) is 9.57. The number of hydrogen-bond acceptors (Lipinski definition) is 9. The maximum Gasteiger partial charge on any atom is 0.329 e. The summed E-state index contributed by atoms with van der Waals surface area (Å²) < 4.78 is 30.5. The van der Waals surface area contributed by atoms with E-state index in [2.05, 4.69) is 42.7 Å². The fourth-order valence-corrected chi connectivity index (χ4v) is 8.56. The normalized spacial score (nSPS) is 19.2. The molecule has 0 spiro atoms. The van der Waals surface area contributed by atoms with Crippen molar-refractivity contribution in [3.05, 3.63) is 71.0 Å². The minimum Gasteiger partial charge on any atom is -0.351 e. The number of carbonyl (C=O) groups excluding carboxylic acids is 2. The van der Waals surface area contributed by atoms with E-state index in [9.17, 15) is 18.0 Å². The van der Waals surface area contributed by atoms with Gasteiger partial charge in [-0.25, -0.2) is 23.2 Å². The van der Waals surface area contributed by atoms with Gasteiger partial charge in [0.05, 0.1) is 27.8 Å². The Labute approximate surface area is 284 Å². The first-order chi connectivity index (χ1) is 23.1. The fraction of sp³-hybridized carbons (Fsp3) is 0.424. The summed E-state index contributed by atoms with van der Waals surface area (Å²) in [4.78, 5) is 36.7. The molecule has 3 amide bonds. The zero-order valence-corrected chi connectivity index (χ0v) is 28.3. The number of amides is 3. The molecule has 0 bridgehead atoms. The number of anilines is 2. The Hall–Kier alpha value is -4.11. The van der Waals surface area contributed by atoms with E-state index in [0.717, 1.165) is 42.4 Å². The van der Waals surface area contributed by atoms with E-state index in [-0.39, 0.29) is 18.4 Å². The number of nitrogens with zero attached hydrogens (tertiary/aromatic N) is 7. The van der Waals surface area contributed by atoms with E-state index in [1.54, 1.807) is 15.1 Å². The molecule has 3 aliphatic rings. The quantitative estimate of drug-likeness (QED) is 0.279. The first kappa shape index (κ1) is 32.4. The number of halogens is 1. The van der Waals surface area contributed by atoms with Gasteiger partial charge in [-0.15, -0.1) is 0 Å². The van der Waals surface area contributed by atoms with Crippen molar-refractivity contribution < 1.29 is 18.0 Å². The summed E-state index contributed by atoms with van der Waals surface area (Å²) in [6, 6.07) is 13.3. The van der Waals surface area contributed by atoms with E-state index < -0.39 is 16.1 Å². The molecule has 48 heavy (non-hydrogen) atoms. The van der Waals surface area contributed by atoms with Crippen molar-refractivity contribution in [2.75, 3.05) is 42.9 Å². The lowest BCUT2D eigenvalue weighted by atomic mass is 9.89. The second-order valence-electron chi connectivity index (χ2n) is 12.7. The molecular weight excluding hydrogens is 654 g/mol. The molecule has 2 aromatic carbocycles. The van der Waals surface area contributed by atoms with Gasteiger partial charge in [0.15, 0.2) is 5.82 Å². The van der Waals surface area contributed by atoms with Crippen molar-refractivity contribution in [3.8, 4) is 0 Å². The van der Waals surface area contributed by atoms with E-state index in [1.807, 2.05) is 31.3 Å². The minimum absolute atomic E-state index is 0.0891. The Morgan fingerprint density at radius 1 is 0.958 bits per heavy atom. The predicted molar refractivity (Wildman–Crippen MR) is 182 cm³/mol. The molecule has 2 N–H and O–H groups in total. The average Bonchev–Trinajstić information content (AvgIpc) is 3.41. The third kappa shape index (κ3) is 6.75. The van der Waals surface area contributed by atoms with Crippen molar-refractivity contribution in [3.63, 3.8) is 0 Å². The summed E-state index contributed by atoms with van der Waals surface area (Å²) >= 11 is 5.88. The molecule has 2 aromatic heterocycles. The lowest BCUT2D eigenvalue weighted by Crippen LogP contribution is -2.49. The van der Waals surface area contributed by atoms with Crippen molar-refractivity contribution in [2.24, 2.45) is 7.05 Å². The molecule has 0 unspecified atom stereocenters. The van der Waals surface area contributed by atoms with E-state index in [0.29, 0.717) is 66.6 Å². The Morgan fingerprint density at radius 2 is 1.71 bits per heavy atom. The standard InChI is InChI=1S/C33H38ClN9O4S/c1-40-29-18-24(5-6-28(29)31(39-40)43-16-11-30(44)38-33(43)45)23-7-12-41(13-8-23)21-22-3-2-4-27(17-22)48(46,47)42-14-9-26(10-15-42)37-32-35-19-25(34)20-36-32/h2-6,17-20,23,26H,7-16,21H2,1H3,(H,35,36,37)(H,38,44,45). The molecule has 13 nitrogen and oxygen atoms in total. The van der Waals surface area contributed by atoms with Gasteiger partial charge in [-0.1, -0.05) is 29.8 Å². The highest BCUT2D eigenvalue weighted by Gasteiger charge is 2.31. The maximum atomic E-state index is 13.6. The number of rotatable bonds is 8. The van der Waals surface area contributed by atoms with Gasteiger partial charge in [0.25, 0.3) is 0 Å². The van der Waals surface area contributed by atoms with E-state index >= 15 is 0 Å². The molecule has 0 radical (unpaired) electrons. The van der Waals surface area contributed by atoms with Crippen LogP contribution in [-0.2, 0) is 28.4 Å². The number of likely N-dealkylation sites (tertiary alicyclic amines) is 1. The van der Waals surface area contributed by atoms with Gasteiger partial charge < -0.3 is 5.32 Å². The van der Waals surface area contributed by atoms with Crippen LogP contribution in [0.15, 0.2) is 59.8 Å². The largest absolute Gasteiger partial charge is 0.351 e. The molecule has 0 saturated carbocycles. The second-order valence-corrected chi connectivity index (χ2v) is 15.1. The second kappa shape index (κ2) is 13.4. The smallest absolute Gasteiger partial charge is 0.329 e. The summed E-state index contributed by atoms with van der Waals surface area (Å²) in [6.45, 7) is 3.64. The molecule has 0 aliphatic carbocycles. The number of piperidine rings is 2.